The number of ether oxygens (including phenoxy) is 2. The van der Waals surface area contributed by atoms with Crippen LogP contribution in [0.4, 0.5) is 18.9 Å². The molecule has 0 N–H and O–H groups in total. The summed E-state index contributed by atoms with van der Waals surface area (Å²) >= 11 is 0. The third kappa shape index (κ3) is 3.72. The van der Waals surface area contributed by atoms with Crippen molar-refractivity contribution in [3.05, 3.63) is 83.2 Å². The molecule has 8 heteroatoms. The number of carbonyl (C=O) groups excluding carboxylic acids is 1. The molecule has 2 aliphatic rings. The largest absolute Gasteiger partial charge is 0.494 e. The molecule has 0 saturated heterocycles. The Morgan fingerprint density at radius 2 is 1.86 bits per heavy atom. The minimum atomic E-state index is -4.58. The Hall–Kier alpha value is -3.55. The maximum absolute atomic E-state index is 14.3. The van der Waals surface area contributed by atoms with Gasteiger partial charge in [0, 0.05) is 29.9 Å². The first-order chi connectivity index (χ1) is 16.6. The van der Waals surface area contributed by atoms with Gasteiger partial charge < -0.3 is 14.4 Å². The van der Waals surface area contributed by atoms with Crippen molar-refractivity contribution in [1.29, 1.82) is 0 Å². The second kappa shape index (κ2) is 8.00. The van der Waals surface area contributed by atoms with Crippen molar-refractivity contribution in [1.82, 2.24) is 4.98 Å². The molecule has 2 aliphatic heterocycles. The Morgan fingerprint density at radius 3 is 2.60 bits per heavy atom. The number of anilines is 1. The third-order valence-corrected chi connectivity index (χ3v) is 6.57. The second-order valence-corrected chi connectivity index (χ2v) is 9.44. The van der Waals surface area contributed by atoms with Crippen molar-refractivity contribution in [2.24, 2.45) is 0 Å². The van der Waals surface area contributed by atoms with Gasteiger partial charge in [0.25, 0.3) is 0 Å². The van der Waals surface area contributed by atoms with Gasteiger partial charge in [0.2, 0.25) is 5.91 Å². The molecule has 0 unspecified atom stereocenters. The number of para-hydroxylation sites is 1. The molecule has 0 fully saturated rings. The fraction of sp³-hybridized carbons (Fsp3) is 0.333. The van der Waals surface area contributed by atoms with Gasteiger partial charge >= 0.3 is 6.18 Å². The molecule has 3 heterocycles. The number of fused-ring (bicyclic) bond motifs is 4. The van der Waals surface area contributed by atoms with Gasteiger partial charge in [0.1, 0.15) is 22.5 Å². The minimum Gasteiger partial charge on any atom is -0.494 e. The normalized spacial score (nSPS) is 20.4. The Morgan fingerprint density at radius 1 is 1.09 bits per heavy atom. The van der Waals surface area contributed by atoms with Crippen molar-refractivity contribution >= 4 is 11.6 Å². The highest BCUT2D eigenvalue weighted by Crippen LogP contribution is 2.56. The third-order valence-electron chi connectivity index (χ3n) is 6.57. The first-order valence-corrected chi connectivity index (χ1v) is 11.5. The molecule has 0 saturated carbocycles. The van der Waals surface area contributed by atoms with E-state index >= 15 is 0 Å². The first-order valence-electron chi connectivity index (χ1n) is 11.5. The Kier molecular flexibility index (Phi) is 5.30. The molecule has 0 radical (unpaired) electrons. The van der Waals surface area contributed by atoms with Gasteiger partial charge in [0.05, 0.1) is 24.4 Å². The fourth-order valence-electron chi connectivity index (χ4n) is 5.35. The summed E-state index contributed by atoms with van der Waals surface area (Å²) in [5.41, 5.74) is -0.856. The lowest BCUT2D eigenvalue weighted by molar-refractivity contribution is -0.138. The molecule has 182 valence electrons. The van der Waals surface area contributed by atoms with Crippen LogP contribution in [-0.2, 0) is 22.9 Å². The van der Waals surface area contributed by atoms with Gasteiger partial charge in [-0.3, -0.25) is 9.78 Å². The van der Waals surface area contributed by atoms with Crippen LogP contribution in [0.3, 0.4) is 0 Å². The van der Waals surface area contributed by atoms with Crippen LogP contribution in [0.2, 0.25) is 0 Å². The second-order valence-electron chi connectivity index (χ2n) is 9.44. The quantitative estimate of drug-likeness (QED) is 0.465. The van der Waals surface area contributed by atoms with Crippen LogP contribution in [-0.4, -0.2) is 23.1 Å². The number of rotatable bonds is 4. The highest BCUT2D eigenvalue weighted by Gasteiger charge is 2.58. The van der Waals surface area contributed by atoms with Crippen LogP contribution in [0.1, 0.15) is 49.6 Å². The minimum absolute atomic E-state index is 0.196. The summed E-state index contributed by atoms with van der Waals surface area (Å²) in [6.45, 7) is 5.89. The lowest BCUT2D eigenvalue weighted by Crippen LogP contribution is -2.50. The van der Waals surface area contributed by atoms with E-state index in [-0.39, 0.29) is 18.1 Å². The molecule has 1 atom stereocenters. The summed E-state index contributed by atoms with van der Waals surface area (Å²) < 4.78 is 53.0. The molecular formula is C27H25F3N2O3. The lowest BCUT2D eigenvalue weighted by Gasteiger charge is -2.43. The van der Waals surface area contributed by atoms with Gasteiger partial charge in [-0.1, -0.05) is 24.3 Å². The number of benzene rings is 2. The van der Waals surface area contributed by atoms with E-state index in [2.05, 4.69) is 4.98 Å². The monoisotopic (exact) mass is 482 g/mol. The number of pyridine rings is 1. The Balaban J connectivity index is 1.67. The number of halogens is 3. The molecule has 5 rings (SSSR count). The lowest BCUT2D eigenvalue weighted by atomic mass is 9.67. The van der Waals surface area contributed by atoms with Crippen LogP contribution in [0.25, 0.3) is 0 Å². The van der Waals surface area contributed by atoms with Crippen molar-refractivity contribution in [2.75, 3.05) is 11.5 Å². The molecule has 1 amide bonds. The van der Waals surface area contributed by atoms with E-state index in [1.54, 1.807) is 24.3 Å². The predicted molar refractivity (Wildman–Crippen MR) is 125 cm³/mol. The molecule has 0 aliphatic carbocycles. The number of amides is 1. The Bertz CT molecular complexity index is 1300. The van der Waals surface area contributed by atoms with Crippen molar-refractivity contribution in [3.63, 3.8) is 0 Å². The summed E-state index contributed by atoms with van der Waals surface area (Å²) in [5.74, 6) is 0.864. The summed E-state index contributed by atoms with van der Waals surface area (Å²) in [6.07, 6.45) is -2.93. The van der Waals surface area contributed by atoms with Gasteiger partial charge in [-0.05, 0) is 50.6 Å². The molecule has 2 aromatic carbocycles. The van der Waals surface area contributed by atoms with Crippen molar-refractivity contribution in [3.8, 4) is 11.5 Å². The predicted octanol–water partition coefficient (Wildman–Crippen LogP) is 5.89. The highest BCUT2D eigenvalue weighted by atomic mass is 19.4. The standard InChI is InChI=1S/C27H25F3N2O3/c1-4-34-17-11-12-20-23(14-17)35-25(2,3)16-26(20)19-8-5-6-10-22(19)32(24(26)33)15-21-18(27(28,29)30)9-7-13-31-21/h5-14H,4,15-16H2,1-3H3/t26-/m1/s1. The SMILES string of the molecule is CCOc1ccc2c(c1)OC(C)(C)C[C@]21C(=O)N(Cc2ncccc2C(F)(F)F)c2ccccc21. The molecule has 1 spiro atoms. The summed E-state index contributed by atoms with van der Waals surface area (Å²) in [6, 6.07) is 14.9. The molecule has 5 nitrogen and oxygen atoms in total. The fourth-order valence-corrected chi connectivity index (χ4v) is 5.35. The van der Waals surface area contributed by atoms with Crippen LogP contribution >= 0.6 is 0 Å². The van der Waals surface area contributed by atoms with Crippen molar-refractivity contribution in [2.45, 2.75) is 50.9 Å². The highest BCUT2D eigenvalue weighted by molar-refractivity contribution is 6.11. The first kappa shape index (κ1) is 23.2. The van der Waals surface area contributed by atoms with Crippen LogP contribution < -0.4 is 14.4 Å². The topological polar surface area (TPSA) is 51.7 Å². The van der Waals surface area contributed by atoms with E-state index in [9.17, 15) is 18.0 Å². The zero-order valence-corrected chi connectivity index (χ0v) is 19.6. The summed E-state index contributed by atoms with van der Waals surface area (Å²) in [7, 11) is 0. The van der Waals surface area contributed by atoms with E-state index in [4.69, 9.17) is 9.47 Å². The zero-order chi connectivity index (χ0) is 25.0. The Labute approximate surface area is 201 Å². The number of hydrogen-bond acceptors (Lipinski definition) is 4. The van der Waals surface area contributed by atoms with Gasteiger partial charge in [-0.2, -0.15) is 13.2 Å². The molecule has 1 aromatic heterocycles. The van der Waals surface area contributed by atoms with E-state index in [0.29, 0.717) is 35.8 Å². The molecule has 35 heavy (non-hydrogen) atoms. The summed E-state index contributed by atoms with van der Waals surface area (Å²) in [4.78, 5) is 19.7. The molecule has 0 bridgehead atoms. The molecular weight excluding hydrogens is 457 g/mol. The van der Waals surface area contributed by atoms with Crippen LogP contribution in [0.15, 0.2) is 60.8 Å². The van der Waals surface area contributed by atoms with Gasteiger partial charge in [-0.15, -0.1) is 0 Å². The van der Waals surface area contributed by atoms with Crippen LogP contribution in [0.5, 0.6) is 11.5 Å². The van der Waals surface area contributed by atoms with Crippen LogP contribution in [0, 0.1) is 0 Å². The number of nitrogens with zero attached hydrogens (tertiary/aromatic N) is 2. The van der Waals surface area contributed by atoms with E-state index in [0.717, 1.165) is 11.6 Å². The van der Waals surface area contributed by atoms with Crippen molar-refractivity contribution < 1.29 is 27.4 Å². The van der Waals surface area contributed by atoms with Gasteiger partial charge in [-0.25, -0.2) is 0 Å². The summed E-state index contributed by atoms with van der Waals surface area (Å²) in [5, 5.41) is 0. The smallest absolute Gasteiger partial charge is 0.418 e. The maximum Gasteiger partial charge on any atom is 0.418 e. The number of carbonyl (C=O) groups is 1. The van der Waals surface area contributed by atoms with E-state index in [1.807, 2.05) is 39.0 Å². The van der Waals surface area contributed by atoms with E-state index in [1.165, 1.54) is 17.2 Å². The van der Waals surface area contributed by atoms with Gasteiger partial charge in [0.15, 0.2) is 0 Å². The number of hydrogen-bond donors (Lipinski definition) is 0. The average Bonchev–Trinajstić information content (AvgIpc) is 3.01. The molecule has 3 aromatic rings. The number of alkyl halides is 3. The maximum atomic E-state index is 14.3. The zero-order valence-electron chi connectivity index (χ0n) is 19.6. The number of aromatic nitrogens is 1. The average molecular weight is 483 g/mol. The van der Waals surface area contributed by atoms with E-state index < -0.39 is 22.8 Å².